The topological polar surface area (TPSA) is 40.5 Å². The Morgan fingerprint density at radius 3 is 2.59 bits per heavy atom. The number of halogens is 1. The van der Waals surface area contributed by atoms with E-state index in [1.54, 1.807) is 23.3 Å². The minimum atomic E-state index is -0.302. The maximum atomic E-state index is 12.1. The van der Waals surface area contributed by atoms with Gasteiger partial charge in [0.2, 0.25) is 5.91 Å². The first-order valence-corrected chi connectivity index (χ1v) is 7.16. The molecule has 5 heteroatoms. The van der Waals surface area contributed by atoms with Crippen LogP contribution in [0.15, 0.2) is 15.9 Å². The predicted octanol–water partition coefficient (Wildman–Crippen LogP) is 2.73. The van der Waals surface area contributed by atoms with Crippen LogP contribution in [0.2, 0.25) is 0 Å². The molecule has 1 heterocycles. The van der Waals surface area contributed by atoms with Crippen molar-refractivity contribution in [3.8, 4) is 0 Å². The molecular weight excluding hydrogens is 302 g/mol. The lowest BCUT2D eigenvalue weighted by atomic mass is 9.95. The number of amides is 1. The lowest BCUT2D eigenvalue weighted by Crippen LogP contribution is -2.36. The van der Waals surface area contributed by atoms with Crippen molar-refractivity contribution >= 4 is 33.2 Å². The van der Waals surface area contributed by atoms with Gasteiger partial charge in [0.05, 0.1) is 22.9 Å². The first-order valence-electron chi connectivity index (χ1n) is 5.55. The van der Waals surface area contributed by atoms with Crippen molar-refractivity contribution in [2.45, 2.75) is 20.4 Å². The minimum Gasteiger partial charge on any atom is -0.396 e. The molecule has 0 bridgehead atoms. The summed E-state index contributed by atoms with van der Waals surface area (Å²) < 4.78 is 1.07. The number of rotatable bonds is 5. The van der Waals surface area contributed by atoms with Crippen LogP contribution in [-0.4, -0.2) is 29.6 Å². The van der Waals surface area contributed by atoms with Crippen LogP contribution in [0.3, 0.4) is 0 Å². The predicted molar refractivity (Wildman–Crippen MR) is 73.9 cm³/mol. The van der Waals surface area contributed by atoms with Crippen LogP contribution >= 0.6 is 27.3 Å². The van der Waals surface area contributed by atoms with E-state index in [1.807, 2.05) is 26.0 Å². The normalized spacial score (nSPS) is 12.8. The summed E-state index contributed by atoms with van der Waals surface area (Å²) in [5.74, 6) is -0.138. The van der Waals surface area contributed by atoms with Crippen molar-refractivity contribution in [2.75, 3.05) is 13.7 Å². The maximum Gasteiger partial charge on any atom is 0.228 e. The summed E-state index contributed by atoms with van der Waals surface area (Å²) in [4.78, 5) is 14.9. The number of hydrogen-bond acceptors (Lipinski definition) is 3. The molecule has 1 aromatic heterocycles. The summed E-state index contributed by atoms with van der Waals surface area (Å²) in [6.07, 6.45) is 0. The van der Waals surface area contributed by atoms with E-state index in [2.05, 4.69) is 15.9 Å². The van der Waals surface area contributed by atoms with E-state index in [0.29, 0.717) is 6.54 Å². The van der Waals surface area contributed by atoms with E-state index >= 15 is 0 Å². The number of aliphatic hydroxyl groups excluding tert-OH is 1. The van der Waals surface area contributed by atoms with Crippen molar-refractivity contribution < 1.29 is 9.90 Å². The number of hydrogen-bond donors (Lipinski definition) is 1. The van der Waals surface area contributed by atoms with Crippen molar-refractivity contribution in [3.05, 3.63) is 20.8 Å². The van der Waals surface area contributed by atoms with Crippen LogP contribution in [0.4, 0.5) is 0 Å². The Labute approximate surface area is 115 Å². The van der Waals surface area contributed by atoms with Gasteiger partial charge in [-0.05, 0) is 34.0 Å². The van der Waals surface area contributed by atoms with Gasteiger partial charge in [0.15, 0.2) is 0 Å². The second-order valence-electron chi connectivity index (χ2n) is 4.43. The highest BCUT2D eigenvalue weighted by molar-refractivity contribution is 9.11. The third-order valence-corrected chi connectivity index (χ3v) is 4.33. The zero-order chi connectivity index (χ0) is 13.0. The quantitative estimate of drug-likeness (QED) is 0.906. The second kappa shape index (κ2) is 6.52. The summed E-state index contributed by atoms with van der Waals surface area (Å²) in [6, 6.07) is 3.98. The third kappa shape index (κ3) is 4.08. The highest BCUT2D eigenvalue weighted by Gasteiger charge is 2.24. The van der Waals surface area contributed by atoms with Crippen molar-refractivity contribution in [3.63, 3.8) is 0 Å². The fourth-order valence-electron chi connectivity index (χ4n) is 1.61. The van der Waals surface area contributed by atoms with Crippen LogP contribution < -0.4 is 0 Å². The van der Waals surface area contributed by atoms with Gasteiger partial charge in [-0.15, -0.1) is 11.3 Å². The first kappa shape index (κ1) is 14.7. The van der Waals surface area contributed by atoms with Gasteiger partial charge in [-0.1, -0.05) is 13.8 Å². The molecule has 0 aliphatic heterocycles. The Hall–Kier alpha value is -0.390. The SMILES string of the molecule is CC(C)C(CO)C(=O)N(C)Cc1ccc(Br)s1. The molecule has 1 atom stereocenters. The Balaban J connectivity index is 2.63. The Kier molecular flexibility index (Phi) is 5.62. The van der Waals surface area contributed by atoms with E-state index in [1.165, 1.54) is 0 Å². The molecule has 1 unspecified atom stereocenters. The number of aliphatic hydroxyl groups is 1. The number of carbonyl (C=O) groups is 1. The molecule has 3 nitrogen and oxygen atoms in total. The van der Waals surface area contributed by atoms with Crippen LogP contribution in [0.1, 0.15) is 18.7 Å². The van der Waals surface area contributed by atoms with Gasteiger partial charge >= 0.3 is 0 Å². The zero-order valence-electron chi connectivity index (χ0n) is 10.3. The monoisotopic (exact) mass is 319 g/mol. The average molecular weight is 320 g/mol. The fraction of sp³-hybridized carbons (Fsp3) is 0.583. The van der Waals surface area contributed by atoms with Gasteiger partial charge in [-0.3, -0.25) is 4.79 Å². The van der Waals surface area contributed by atoms with E-state index in [4.69, 9.17) is 0 Å². The highest BCUT2D eigenvalue weighted by atomic mass is 79.9. The van der Waals surface area contributed by atoms with Gasteiger partial charge in [0.1, 0.15) is 0 Å². The Morgan fingerprint density at radius 2 is 2.18 bits per heavy atom. The molecule has 0 saturated carbocycles. The third-order valence-electron chi connectivity index (χ3n) is 2.72. The smallest absolute Gasteiger partial charge is 0.228 e. The zero-order valence-corrected chi connectivity index (χ0v) is 12.7. The molecule has 1 aromatic rings. The second-order valence-corrected chi connectivity index (χ2v) is 6.98. The Bertz CT molecular complexity index is 378. The number of nitrogens with zero attached hydrogens (tertiary/aromatic N) is 1. The average Bonchev–Trinajstić information content (AvgIpc) is 2.64. The molecule has 0 aliphatic carbocycles. The van der Waals surface area contributed by atoms with E-state index in [0.717, 1.165) is 8.66 Å². The number of thiophene rings is 1. The fourth-order valence-corrected chi connectivity index (χ4v) is 3.14. The van der Waals surface area contributed by atoms with Gasteiger partial charge < -0.3 is 10.0 Å². The lowest BCUT2D eigenvalue weighted by Gasteiger charge is -2.24. The van der Waals surface area contributed by atoms with Gasteiger partial charge in [-0.25, -0.2) is 0 Å². The first-order chi connectivity index (χ1) is 7.95. The van der Waals surface area contributed by atoms with Crippen molar-refractivity contribution in [2.24, 2.45) is 11.8 Å². The van der Waals surface area contributed by atoms with Crippen LogP contribution in [-0.2, 0) is 11.3 Å². The summed E-state index contributed by atoms with van der Waals surface area (Å²) in [5, 5.41) is 9.23. The van der Waals surface area contributed by atoms with Gasteiger partial charge in [0, 0.05) is 11.9 Å². The standard InChI is InChI=1S/C12H18BrNO2S/c1-8(2)10(7-15)12(16)14(3)6-9-4-5-11(13)17-9/h4-5,8,10,15H,6-7H2,1-3H3. The molecule has 0 saturated heterocycles. The largest absolute Gasteiger partial charge is 0.396 e. The molecule has 0 aromatic carbocycles. The molecule has 0 spiro atoms. The van der Waals surface area contributed by atoms with Crippen LogP contribution in [0, 0.1) is 11.8 Å². The van der Waals surface area contributed by atoms with Crippen LogP contribution in [0.5, 0.6) is 0 Å². The molecule has 0 fully saturated rings. The Morgan fingerprint density at radius 1 is 1.53 bits per heavy atom. The number of carbonyl (C=O) groups excluding carboxylic acids is 1. The molecule has 0 aliphatic rings. The van der Waals surface area contributed by atoms with E-state index in [-0.39, 0.29) is 24.3 Å². The van der Waals surface area contributed by atoms with Crippen molar-refractivity contribution in [1.29, 1.82) is 0 Å². The molecule has 1 N–H and O–H groups in total. The highest BCUT2D eigenvalue weighted by Crippen LogP contribution is 2.24. The minimum absolute atomic E-state index is 0.00650. The molecule has 1 rings (SSSR count). The molecule has 1 amide bonds. The summed E-state index contributed by atoms with van der Waals surface area (Å²) in [7, 11) is 1.78. The van der Waals surface area contributed by atoms with E-state index < -0.39 is 0 Å². The lowest BCUT2D eigenvalue weighted by molar-refractivity contribution is -0.137. The molecule has 0 radical (unpaired) electrons. The van der Waals surface area contributed by atoms with Crippen molar-refractivity contribution in [1.82, 2.24) is 4.90 Å². The van der Waals surface area contributed by atoms with Gasteiger partial charge in [0.25, 0.3) is 0 Å². The van der Waals surface area contributed by atoms with Gasteiger partial charge in [-0.2, -0.15) is 0 Å². The molecular formula is C12H18BrNO2S. The summed E-state index contributed by atoms with van der Waals surface area (Å²) in [6.45, 7) is 4.41. The summed E-state index contributed by atoms with van der Waals surface area (Å²) in [5.41, 5.74) is 0. The van der Waals surface area contributed by atoms with E-state index in [9.17, 15) is 9.90 Å². The van der Waals surface area contributed by atoms with Crippen LogP contribution in [0.25, 0.3) is 0 Å². The molecule has 96 valence electrons. The maximum absolute atomic E-state index is 12.1. The summed E-state index contributed by atoms with van der Waals surface area (Å²) >= 11 is 5.02. The molecule has 17 heavy (non-hydrogen) atoms.